The van der Waals surface area contributed by atoms with E-state index in [0.717, 1.165) is 10.0 Å². The molecule has 21 heavy (non-hydrogen) atoms. The molecule has 0 aliphatic heterocycles. The van der Waals surface area contributed by atoms with Crippen LogP contribution in [-0.4, -0.2) is 29.1 Å². The van der Waals surface area contributed by atoms with E-state index in [0.29, 0.717) is 17.3 Å². The number of hydrogen-bond donors (Lipinski definition) is 1. The molecule has 0 aliphatic rings. The van der Waals surface area contributed by atoms with E-state index in [4.69, 9.17) is 11.6 Å². The second kappa shape index (κ2) is 7.24. The monoisotopic (exact) mass is 370 g/mol. The first-order valence-electron chi connectivity index (χ1n) is 5.98. The minimum absolute atomic E-state index is 0.546. The van der Waals surface area contributed by atoms with Gasteiger partial charge >= 0.3 is 6.09 Å². The zero-order chi connectivity index (χ0) is 15.2. The topological polar surface area (TPSA) is 68.5 Å². The summed E-state index contributed by atoms with van der Waals surface area (Å²) in [7, 11) is 1.46. The highest BCUT2D eigenvalue weighted by atomic mass is 79.9. The SMILES string of the molecule is CNC(=O)ON=Cc1c(Br)cnn1Cc1ccc(Cl)cc1. The predicted octanol–water partition coefficient (Wildman–Crippen LogP) is 3.04. The molecule has 0 spiro atoms. The molecule has 0 radical (unpaired) electrons. The summed E-state index contributed by atoms with van der Waals surface area (Å²) in [6.07, 6.45) is 2.44. The lowest BCUT2D eigenvalue weighted by atomic mass is 10.2. The van der Waals surface area contributed by atoms with Crippen LogP contribution in [0.25, 0.3) is 0 Å². The lowest BCUT2D eigenvalue weighted by molar-refractivity contribution is 0.154. The van der Waals surface area contributed by atoms with E-state index in [2.05, 4.69) is 36.3 Å². The van der Waals surface area contributed by atoms with Crippen LogP contribution in [0.4, 0.5) is 4.79 Å². The summed E-state index contributed by atoms with van der Waals surface area (Å²) in [5.74, 6) is 0. The molecular weight excluding hydrogens is 360 g/mol. The van der Waals surface area contributed by atoms with Crippen molar-refractivity contribution in [3.05, 3.63) is 51.2 Å². The molecule has 0 saturated carbocycles. The maximum atomic E-state index is 10.9. The Hall–Kier alpha value is -1.86. The summed E-state index contributed by atoms with van der Waals surface area (Å²) < 4.78 is 2.48. The van der Waals surface area contributed by atoms with Gasteiger partial charge < -0.3 is 5.32 Å². The number of carbonyl (C=O) groups is 1. The smallest absolute Gasteiger partial charge is 0.323 e. The molecule has 110 valence electrons. The molecule has 1 amide bonds. The quantitative estimate of drug-likeness (QED) is 0.510. The molecule has 0 bridgehead atoms. The Morgan fingerprint density at radius 3 is 2.90 bits per heavy atom. The number of aromatic nitrogens is 2. The van der Waals surface area contributed by atoms with Crippen molar-refractivity contribution in [1.82, 2.24) is 15.1 Å². The van der Waals surface area contributed by atoms with Gasteiger partial charge in [0.25, 0.3) is 0 Å². The van der Waals surface area contributed by atoms with Crippen molar-refractivity contribution >= 4 is 39.8 Å². The fourth-order valence-electron chi connectivity index (χ4n) is 1.56. The Morgan fingerprint density at radius 2 is 2.24 bits per heavy atom. The molecule has 0 unspecified atom stereocenters. The first-order valence-corrected chi connectivity index (χ1v) is 7.15. The number of benzene rings is 1. The van der Waals surface area contributed by atoms with Crippen LogP contribution in [0.15, 0.2) is 40.1 Å². The van der Waals surface area contributed by atoms with Crippen LogP contribution < -0.4 is 5.32 Å². The lowest BCUT2D eigenvalue weighted by Gasteiger charge is -2.05. The molecule has 6 nitrogen and oxygen atoms in total. The number of nitrogens with one attached hydrogen (secondary N) is 1. The van der Waals surface area contributed by atoms with E-state index in [1.165, 1.54) is 13.3 Å². The van der Waals surface area contributed by atoms with E-state index < -0.39 is 6.09 Å². The number of carbonyl (C=O) groups excluding carboxylic acids is 1. The highest BCUT2D eigenvalue weighted by molar-refractivity contribution is 9.10. The van der Waals surface area contributed by atoms with Crippen LogP contribution in [0.2, 0.25) is 5.02 Å². The van der Waals surface area contributed by atoms with Crippen molar-refractivity contribution < 1.29 is 9.63 Å². The molecule has 2 aromatic rings. The van der Waals surface area contributed by atoms with E-state index in [9.17, 15) is 4.79 Å². The minimum Gasteiger partial charge on any atom is -0.323 e. The summed E-state index contributed by atoms with van der Waals surface area (Å²) in [6, 6.07) is 7.47. The number of oxime groups is 1. The maximum Gasteiger partial charge on any atom is 0.433 e. The van der Waals surface area contributed by atoms with Crippen LogP contribution in [0.1, 0.15) is 11.3 Å². The van der Waals surface area contributed by atoms with Gasteiger partial charge in [-0.3, -0.25) is 9.52 Å². The Morgan fingerprint density at radius 1 is 1.52 bits per heavy atom. The van der Waals surface area contributed by atoms with Crippen molar-refractivity contribution in [3.8, 4) is 0 Å². The van der Waals surface area contributed by atoms with Crippen molar-refractivity contribution in [2.24, 2.45) is 5.16 Å². The largest absolute Gasteiger partial charge is 0.433 e. The summed E-state index contributed by atoms with van der Waals surface area (Å²) in [5.41, 5.74) is 1.73. The van der Waals surface area contributed by atoms with Gasteiger partial charge in [0.2, 0.25) is 0 Å². The molecule has 1 N–H and O–H groups in total. The third-order valence-electron chi connectivity index (χ3n) is 2.59. The van der Waals surface area contributed by atoms with Crippen molar-refractivity contribution in [2.45, 2.75) is 6.54 Å². The number of amides is 1. The third kappa shape index (κ3) is 4.30. The van der Waals surface area contributed by atoms with Gasteiger partial charge in [0.05, 0.1) is 29.1 Å². The Labute approximate surface area is 134 Å². The van der Waals surface area contributed by atoms with Crippen LogP contribution in [0, 0.1) is 0 Å². The standard InChI is InChI=1S/C13H12BrClN4O2/c1-16-13(20)21-18-7-12-11(14)6-17-19(12)8-9-2-4-10(15)5-3-9/h2-7H,8H2,1H3,(H,16,20). The van der Waals surface area contributed by atoms with Gasteiger partial charge in [-0.1, -0.05) is 28.9 Å². The Balaban J connectivity index is 2.14. The highest BCUT2D eigenvalue weighted by Crippen LogP contribution is 2.16. The predicted molar refractivity (Wildman–Crippen MR) is 83.6 cm³/mol. The summed E-state index contributed by atoms with van der Waals surface area (Å²) in [4.78, 5) is 15.5. The third-order valence-corrected chi connectivity index (χ3v) is 3.46. The average molecular weight is 372 g/mol. The van der Waals surface area contributed by atoms with Gasteiger partial charge in [0.15, 0.2) is 0 Å². The molecular formula is C13H12BrClN4O2. The van der Waals surface area contributed by atoms with Crippen LogP contribution >= 0.6 is 27.5 Å². The maximum absolute atomic E-state index is 10.9. The summed E-state index contributed by atoms with van der Waals surface area (Å²) >= 11 is 9.23. The average Bonchev–Trinajstić information content (AvgIpc) is 2.82. The fraction of sp³-hybridized carbons (Fsp3) is 0.154. The Bertz CT molecular complexity index is 655. The second-order valence-corrected chi connectivity index (χ2v) is 5.32. The molecule has 1 heterocycles. The zero-order valence-electron chi connectivity index (χ0n) is 11.1. The highest BCUT2D eigenvalue weighted by Gasteiger charge is 2.08. The number of nitrogens with zero attached hydrogens (tertiary/aromatic N) is 3. The summed E-state index contributed by atoms with van der Waals surface area (Å²) in [5, 5.41) is 10.8. The van der Waals surface area contributed by atoms with Gasteiger partial charge in [-0.15, -0.1) is 0 Å². The van der Waals surface area contributed by atoms with Gasteiger partial charge in [0, 0.05) is 12.1 Å². The van der Waals surface area contributed by atoms with E-state index in [1.54, 1.807) is 10.9 Å². The molecule has 0 saturated heterocycles. The number of hydrogen-bond acceptors (Lipinski definition) is 4. The van der Waals surface area contributed by atoms with Gasteiger partial charge in [-0.05, 0) is 33.6 Å². The molecule has 0 aliphatic carbocycles. The van der Waals surface area contributed by atoms with Crippen LogP contribution in [0.5, 0.6) is 0 Å². The van der Waals surface area contributed by atoms with Crippen LogP contribution in [0.3, 0.4) is 0 Å². The normalized spacial score (nSPS) is 10.8. The minimum atomic E-state index is -0.633. The van der Waals surface area contributed by atoms with Crippen LogP contribution in [-0.2, 0) is 11.4 Å². The first kappa shape index (κ1) is 15.5. The van der Waals surface area contributed by atoms with E-state index in [-0.39, 0.29) is 0 Å². The molecule has 1 aromatic carbocycles. The van der Waals surface area contributed by atoms with Gasteiger partial charge in [-0.25, -0.2) is 4.79 Å². The van der Waals surface area contributed by atoms with Gasteiger partial charge in [0.1, 0.15) is 0 Å². The fourth-order valence-corrected chi connectivity index (χ4v) is 2.08. The number of rotatable bonds is 4. The van der Waals surface area contributed by atoms with Crippen molar-refractivity contribution in [2.75, 3.05) is 7.05 Å². The molecule has 8 heteroatoms. The lowest BCUT2D eigenvalue weighted by Crippen LogP contribution is -2.16. The Kier molecular flexibility index (Phi) is 5.35. The summed E-state index contributed by atoms with van der Waals surface area (Å²) in [6.45, 7) is 0.546. The van der Waals surface area contributed by atoms with Gasteiger partial charge in [-0.2, -0.15) is 5.10 Å². The molecule has 1 aromatic heterocycles. The van der Waals surface area contributed by atoms with Crippen molar-refractivity contribution in [3.63, 3.8) is 0 Å². The molecule has 0 fully saturated rings. The first-order chi connectivity index (χ1) is 10.1. The van der Waals surface area contributed by atoms with Crippen molar-refractivity contribution in [1.29, 1.82) is 0 Å². The molecule has 2 rings (SSSR count). The number of halogens is 2. The van der Waals surface area contributed by atoms with E-state index in [1.807, 2.05) is 24.3 Å². The zero-order valence-corrected chi connectivity index (χ0v) is 13.4. The molecule has 0 atom stereocenters. The second-order valence-electron chi connectivity index (χ2n) is 4.03. The van der Waals surface area contributed by atoms with E-state index >= 15 is 0 Å².